The lowest BCUT2D eigenvalue weighted by Crippen LogP contribution is -1.99. The van der Waals surface area contributed by atoms with Crippen molar-refractivity contribution in [2.45, 2.75) is 6.10 Å². The molecule has 0 saturated carbocycles. The van der Waals surface area contributed by atoms with Crippen molar-refractivity contribution in [2.24, 2.45) is 0 Å². The molecule has 0 radical (unpaired) electrons. The number of thiazole rings is 1. The smallest absolute Gasteiger partial charge is 0.122 e. The second-order valence-electron chi connectivity index (χ2n) is 3.77. The highest BCUT2D eigenvalue weighted by Gasteiger charge is 2.12. The average molecular weight is 242 g/mol. The molecule has 0 fully saturated rings. The van der Waals surface area contributed by atoms with Crippen molar-refractivity contribution in [1.29, 1.82) is 0 Å². The highest BCUT2D eigenvalue weighted by Crippen LogP contribution is 2.24. The van der Waals surface area contributed by atoms with Gasteiger partial charge in [0.05, 0.1) is 16.7 Å². The van der Waals surface area contributed by atoms with Crippen LogP contribution in [0.1, 0.15) is 17.4 Å². The molecular formula is C13H10N2OS. The average Bonchev–Trinajstić information content (AvgIpc) is 2.91. The van der Waals surface area contributed by atoms with Gasteiger partial charge in [-0.2, -0.15) is 0 Å². The summed E-state index contributed by atoms with van der Waals surface area (Å²) < 4.78 is 0. The normalized spacial score (nSPS) is 12.8. The second kappa shape index (κ2) is 4.24. The quantitative estimate of drug-likeness (QED) is 0.751. The van der Waals surface area contributed by atoms with Crippen LogP contribution in [0.15, 0.2) is 47.4 Å². The number of hydrogen-bond acceptors (Lipinski definition) is 4. The summed E-state index contributed by atoms with van der Waals surface area (Å²) in [5, 5.41) is 13.1. The maximum Gasteiger partial charge on any atom is 0.122 e. The van der Waals surface area contributed by atoms with Crippen LogP contribution in [0.25, 0.3) is 10.9 Å². The fourth-order valence-corrected chi connectivity index (χ4v) is 2.35. The van der Waals surface area contributed by atoms with Crippen molar-refractivity contribution in [3.8, 4) is 0 Å². The Morgan fingerprint density at radius 1 is 1.18 bits per heavy atom. The summed E-state index contributed by atoms with van der Waals surface area (Å²) in [5.74, 6) is 0. The number of aliphatic hydroxyl groups is 1. The highest BCUT2D eigenvalue weighted by molar-refractivity contribution is 7.07. The van der Waals surface area contributed by atoms with Gasteiger partial charge in [0.1, 0.15) is 6.10 Å². The van der Waals surface area contributed by atoms with Gasteiger partial charge in [0.15, 0.2) is 0 Å². The minimum absolute atomic E-state index is 0.673. The van der Waals surface area contributed by atoms with E-state index < -0.39 is 6.10 Å². The number of rotatable bonds is 2. The van der Waals surface area contributed by atoms with Crippen molar-refractivity contribution in [2.75, 3.05) is 0 Å². The highest BCUT2D eigenvalue weighted by atomic mass is 32.1. The predicted molar refractivity (Wildman–Crippen MR) is 67.9 cm³/mol. The summed E-state index contributed by atoms with van der Waals surface area (Å²) in [5.41, 5.74) is 4.12. The standard InChI is InChI=1S/C13H10N2OS/c16-13(12-7-17-8-15-12)10-4-3-9-2-1-5-14-11(9)6-10/h1-8,13,16H. The monoisotopic (exact) mass is 242 g/mol. The molecular weight excluding hydrogens is 232 g/mol. The largest absolute Gasteiger partial charge is 0.382 e. The van der Waals surface area contributed by atoms with Crippen molar-refractivity contribution >= 4 is 22.2 Å². The van der Waals surface area contributed by atoms with Crippen molar-refractivity contribution in [3.05, 3.63) is 58.7 Å². The molecule has 3 rings (SSSR count). The molecule has 0 aliphatic carbocycles. The first-order valence-corrected chi connectivity index (χ1v) is 6.20. The summed E-state index contributed by atoms with van der Waals surface area (Å²) >= 11 is 1.48. The number of pyridine rings is 1. The van der Waals surface area contributed by atoms with Gasteiger partial charge < -0.3 is 5.11 Å². The number of benzene rings is 1. The summed E-state index contributed by atoms with van der Waals surface area (Å²) in [4.78, 5) is 8.40. The van der Waals surface area contributed by atoms with E-state index in [9.17, 15) is 5.11 Å². The molecule has 0 saturated heterocycles. The van der Waals surface area contributed by atoms with Crippen molar-refractivity contribution in [3.63, 3.8) is 0 Å². The zero-order valence-corrected chi connectivity index (χ0v) is 9.76. The maximum absolute atomic E-state index is 10.2. The first kappa shape index (κ1) is 10.4. The van der Waals surface area contributed by atoms with Crippen LogP contribution in [0.4, 0.5) is 0 Å². The molecule has 0 spiro atoms. The Bertz CT molecular complexity index is 637. The molecule has 4 heteroatoms. The Hall–Kier alpha value is -1.78. The topological polar surface area (TPSA) is 46.0 Å². The lowest BCUT2D eigenvalue weighted by atomic mass is 10.1. The predicted octanol–water partition coefficient (Wildman–Crippen LogP) is 2.77. The number of hydrogen-bond donors (Lipinski definition) is 1. The second-order valence-corrected chi connectivity index (χ2v) is 4.49. The van der Waals surface area contributed by atoms with Gasteiger partial charge in [-0.1, -0.05) is 18.2 Å². The van der Waals surface area contributed by atoms with Crippen LogP contribution >= 0.6 is 11.3 Å². The summed E-state index contributed by atoms with van der Waals surface area (Å²) in [6.45, 7) is 0. The molecule has 0 aliphatic heterocycles. The fourth-order valence-electron chi connectivity index (χ4n) is 1.78. The van der Waals surface area contributed by atoms with E-state index in [1.54, 1.807) is 11.7 Å². The molecule has 1 aromatic carbocycles. The van der Waals surface area contributed by atoms with Gasteiger partial charge in [-0.25, -0.2) is 4.98 Å². The molecule has 1 atom stereocenters. The van der Waals surface area contributed by atoms with Crippen molar-refractivity contribution < 1.29 is 5.11 Å². The van der Waals surface area contributed by atoms with E-state index in [0.29, 0.717) is 5.69 Å². The van der Waals surface area contributed by atoms with Gasteiger partial charge in [0.25, 0.3) is 0 Å². The molecule has 1 unspecified atom stereocenters. The summed E-state index contributed by atoms with van der Waals surface area (Å²) in [6, 6.07) is 9.68. The summed E-state index contributed by atoms with van der Waals surface area (Å²) in [6.07, 6.45) is 1.08. The van der Waals surface area contributed by atoms with Crippen LogP contribution in [0.2, 0.25) is 0 Å². The van der Waals surface area contributed by atoms with Gasteiger partial charge >= 0.3 is 0 Å². The lowest BCUT2D eigenvalue weighted by Gasteiger charge is -2.08. The van der Waals surface area contributed by atoms with Crippen LogP contribution in [-0.4, -0.2) is 15.1 Å². The van der Waals surface area contributed by atoms with E-state index in [0.717, 1.165) is 16.5 Å². The molecule has 2 heterocycles. The van der Waals surface area contributed by atoms with Crippen molar-refractivity contribution in [1.82, 2.24) is 9.97 Å². The molecule has 0 bridgehead atoms. The van der Waals surface area contributed by atoms with Crippen LogP contribution in [0.5, 0.6) is 0 Å². The molecule has 17 heavy (non-hydrogen) atoms. The van der Waals surface area contributed by atoms with Crippen LogP contribution in [-0.2, 0) is 0 Å². The number of fused-ring (bicyclic) bond motifs is 1. The SMILES string of the molecule is OC(c1ccc2cccnc2c1)c1cscn1. The third-order valence-electron chi connectivity index (χ3n) is 2.68. The molecule has 3 nitrogen and oxygen atoms in total. The van der Waals surface area contributed by atoms with Gasteiger partial charge in [-0.3, -0.25) is 4.98 Å². The Balaban J connectivity index is 2.06. The van der Waals surface area contributed by atoms with Crippen LogP contribution in [0, 0.1) is 0 Å². The molecule has 1 N–H and O–H groups in total. The molecule has 3 aromatic rings. The minimum atomic E-state index is -0.673. The molecule has 0 aliphatic rings. The van der Waals surface area contributed by atoms with E-state index in [1.807, 2.05) is 35.7 Å². The molecule has 2 aromatic heterocycles. The van der Waals surface area contributed by atoms with Gasteiger partial charge in [-0.15, -0.1) is 11.3 Å². The first-order valence-electron chi connectivity index (χ1n) is 5.25. The van der Waals surface area contributed by atoms with E-state index >= 15 is 0 Å². The number of aliphatic hydroxyl groups excluding tert-OH is 1. The minimum Gasteiger partial charge on any atom is -0.382 e. The Morgan fingerprint density at radius 3 is 2.94 bits per heavy atom. The van der Waals surface area contributed by atoms with E-state index in [-0.39, 0.29) is 0 Å². The zero-order chi connectivity index (χ0) is 11.7. The number of aromatic nitrogens is 2. The third-order valence-corrected chi connectivity index (χ3v) is 3.28. The fraction of sp³-hybridized carbons (Fsp3) is 0.0769. The summed E-state index contributed by atoms with van der Waals surface area (Å²) in [7, 11) is 0. The Morgan fingerprint density at radius 2 is 2.12 bits per heavy atom. The van der Waals surface area contributed by atoms with Crippen LogP contribution < -0.4 is 0 Å². The Kier molecular flexibility index (Phi) is 2.59. The van der Waals surface area contributed by atoms with Gasteiger partial charge in [0.2, 0.25) is 0 Å². The first-order chi connectivity index (χ1) is 8.34. The third kappa shape index (κ3) is 1.92. The molecule has 84 valence electrons. The van der Waals surface area contributed by atoms with Crippen LogP contribution in [0.3, 0.4) is 0 Å². The van der Waals surface area contributed by atoms with Gasteiger partial charge in [0, 0.05) is 17.0 Å². The van der Waals surface area contributed by atoms with E-state index in [2.05, 4.69) is 9.97 Å². The molecule has 0 amide bonds. The maximum atomic E-state index is 10.2. The van der Waals surface area contributed by atoms with E-state index in [1.165, 1.54) is 11.3 Å². The Labute approximate surface area is 102 Å². The lowest BCUT2D eigenvalue weighted by molar-refractivity contribution is 0.216. The number of nitrogens with zero attached hydrogens (tertiary/aromatic N) is 2. The zero-order valence-electron chi connectivity index (χ0n) is 8.95. The van der Waals surface area contributed by atoms with Gasteiger partial charge in [-0.05, 0) is 17.7 Å². The van der Waals surface area contributed by atoms with E-state index in [4.69, 9.17) is 0 Å².